The number of ether oxygens (including phenoxy) is 1. The van der Waals surface area contributed by atoms with Crippen LogP contribution in [0.15, 0.2) is 48.5 Å². The van der Waals surface area contributed by atoms with E-state index in [1.165, 1.54) is 25.1 Å². The third-order valence-corrected chi connectivity index (χ3v) is 3.30. The van der Waals surface area contributed by atoms with Gasteiger partial charge >= 0.3 is 6.03 Å². The first-order valence-corrected chi connectivity index (χ1v) is 7.40. The second-order valence-electron chi connectivity index (χ2n) is 4.83. The highest BCUT2D eigenvalue weighted by Gasteiger charge is 2.18. The summed E-state index contributed by atoms with van der Waals surface area (Å²) in [5.41, 5.74) is 0.943. The van der Waals surface area contributed by atoms with Crippen molar-refractivity contribution >= 4 is 29.2 Å². The number of urea groups is 1. The Kier molecular flexibility index (Phi) is 5.77. The first-order valence-electron chi connectivity index (χ1n) is 7.03. The lowest BCUT2D eigenvalue weighted by Crippen LogP contribution is -2.42. The lowest BCUT2D eigenvalue weighted by molar-refractivity contribution is -0.126. The summed E-state index contributed by atoms with van der Waals surface area (Å²) in [5, 5.41) is 13.7. The van der Waals surface area contributed by atoms with Crippen molar-refractivity contribution in [3.63, 3.8) is 0 Å². The Morgan fingerprint density at radius 2 is 1.92 bits per heavy atom. The summed E-state index contributed by atoms with van der Waals surface area (Å²) in [6.45, 7) is 1.49. The molecule has 24 heavy (non-hydrogen) atoms. The molecule has 0 spiro atoms. The number of hydrogen-bond acceptors (Lipinski definition) is 4. The van der Waals surface area contributed by atoms with Crippen LogP contribution in [-0.2, 0) is 4.79 Å². The Bertz CT molecular complexity index is 787. The van der Waals surface area contributed by atoms with Crippen molar-refractivity contribution in [1.82, 2.24) is 5.32 Å². The van der Waals surface area contributed by atoms with E-state index in [0.717, 1.165) is 0 Å². The van der Waals surface area contributed by atoms with Crippen LogP contribution >= 0.6 is 11.6 Å². The van der Waals surface area contributed by atoms with Crippen molar-refractivity contribution in [2.24, 2.45) is 0 Å². The van der Waals surface area contributed by atoms with E-state index < -0.39 is 18.0 Å². The SMILES string of the molecule is C[C@@H](Oc1ccc(C#N)cc1Cl)C(=O)NC(=O)Nc1ccccc1. The summed E-state index contributed by atoms with van der Waals surface area (Å²) in [7, 11) is 0. The van der Waals surface area contributed by atoms with E-state index in [4.69, 9.17) is 21.6 Å². The topological polar surface area (TPSA) is 91.2 Å². The van der Waals surface area contributed by atoms with E-state index >= 15 is 0 Å². The third-order valence-electron chi connectivity index (χ3n) is 3.00. The zero-order valence-electron chi connectivity index (χ0n) is 12.7. The van der Waals surface area contributed by atoms with E-state index in [1.807, 2.05) is 12.1 Å². The molecule has 3 amide bonds. The minimum absolute atomic E-state index is 0.211. The van der Waals surface area contributed by atoms with Gasteiger partial charge in [-0.1, -0.05) is 29.8 Å². The largest absolute Gasteiger partial charge is 0.479 e. The van der Waals surface area contributed by atoms with Gasteiger partial charge in [0.2, 0.25) is 0 Å². The van der Waals surface area contributed by atoms with Crippen LogP contribution in [0.25, 0.3) is 0 Å². The molecule has 0 saturated heterocycles. The van der Waals surface area contributed by atoms with Crippen LogP contribution in [0.2, 0.25) is 5.02 Å². The van der Waals surface area contributed by atoms with Crippen LogP contribution in [0.5, 0.6) is 5.75 Å². The number of nitrogens with zero attached hydrogens (tertiary/aromatic N) is 1. The second kappa shape index (κ2) is 7.99. The summed E-state index contributed by atoms with van der Waals surface area (Å²) in [6, 6.07) is 14.5. The van der Waals surface area contributed by atoms with Crippen LogP contribution in [0.3, 0.4) is 0 Å². The predicted octanol–water partition coefficient (Wildman–Crippen LogP) is 3.33. The number of rotatable bonds is 4. The first-order chi connectivity index (χ1) is 11.5. The highest BCUT2D eigenvalue weighted by Crippen LogP contribution is 2.26. The Balaban J connectivity index is 1.92. The number of anilines is 1. The van der Waals surface area contributed by atoms with E-state index in [9.17, 15) is 9.59 Å². The molecule has 0 aliphatic carbocycles. The zero-order chi connectivity index (χ0) is 17.5. The summed E-state index contributed by atoms with van der Waals surface area (Å²) in [6.07, 6.45) is -0.947. The van der Waals surface area contributed by atoms with Gasteiger partial charge < -0.3 is 10.1 Å². The summed E-state index contributed by atoms with van der Waals surface area (Å²) in [5.74, 6) is -0.370. The molecule has 2 N–H and O–H groups in total. The van der Waals surface area contributed by atoms with Gasteiger partial charge in [0.15, 0.2) is 6.10 Å². The molecule has 0 aliphatic rings. The molecule has 0 aromatic heterocycles. The third kappa shape index (κ3) is 4.73. The summed E-state index contributed by atoms with van der Waals surface area (Å²) >= 11 is 5.98. The fourth-order valence-electron chi connectivity index (χ4n) is 1.81. The highest BCUT2D eigenvalue weighted by atomic mass is 35.5. The molecule has 0 fully saturated rings. The molecule has 7 heteroatoms. The van der Waals surface area contributed by atoms with Gasteiger partial charge in [-0.3, -0.25) is 10.1 Å². The number of halogens is 1. The number of benzene rings is 2. The molecule has 0 bridgehead atoms. The van der Waals surface area contributed by atoms with Gasteiger partial charge in [-0.05, 0) is 37.3 Å². The highest BCUT2D eigenvalue weighted by molar-refractivity contribution is 6.32. The number of nitriles is 1. The van der Waals surface area contributed by atoms with Crippen LogP contribution in [0.1, 0.15) is 12.5 Å². The molecule has 0 aliphatic heterocycles. The second-order valence-corrected chi connectivity index (χ2v) is 5.23. The molecule has 0 heterocycles. The van der Waals surface area contributed by atoms with Gasteiger partial charge in [0.05, 0.1) is 16.7 Å². The average Bonchev–Trinajstić information content (AvgIpc) is 2.57. The van der Waals surface area contributed by atoms with Crippen molar-refractivity contribution < 1.29 is 14.3 Å². The number of carbonyl (C=O) groups excluding carboxylic acids is 2. The maximum Gasteiger partial charge on any atom is 0.325 e. The van der Waals surface area contributed by atoms with Crippen molar-refractivity contribution in [2.75, 3.05) is 5.32 Å². The molecule has 1 atom stereocenters. The number of hydrogen-bond donors (Lipinski definition) is 2. The van der Waals surface area contributed by atoms with Crippen molar-refractivity contribution in [2.45, 2.75) is 13.0 Å². The van der Waals surface area contributed by atoms with Gasteiger partial charge in [0, 0.05) is 5.69 Å². The van der Waals surface area contributed by atoms with Gasteiger partial charge in [0.25, 0.3) is 5.91 Å². The van der Waals surface area contributed by atoms with E-state index in [-0.39, 0.29) is 10.8 Å². The normalized spacial score (nSPS) is 11.0. The average molecular weight is 344 g/mol. The standard InChI is InChI=1S/C17H14ClN3O3/c1-11(24-15-8-7-12(10-19)9-14(15)18)16(22)21-17(23)20-13-5-3-2-4-6-13/h2-9,11H,1H3,(H2,20,21,22,23)/t11-/m1/s1. The molecule has 122 valence electrons. The lowest BCUT2D eigenvalue weighted by atomic mass is 10.2. The molecule has 2 aromatic carbocycles. The molecule has 0 radical (unpaired) electrons. The van der Waals surface area contributed by atoms with Gasteiger partial charge in [-0.2, -0.15) is 5.26 Å². The quantitative estimate of drug-likeness (QED) is 0.890. The number of amides is 3. The summed E-state index contributed by atoms with van der Waals surface area (Å²) in [4.78, 5) is 23.8. The van der Waals surface area contributed by atoms with Crippen LogP contribution in [0.4, 0.5) is 10.5 Å². The Morgan fingerprint density at radius 3 is 2.54 bits per heavy atom. The van der Waals surface area contributed by atoms with Crippen molar-refractivity contribution in [3.8, 4) is 11.8 Å². The fraction of sp³-hybridized carbons (Fsp3) is 0.118. The number of para-hydroxylation sites is 1. The molecule has 2 aromatic rings. The molecule has 0 unspecified atom stereocenters. The predicted molar refractivity (Wildman–Crippen MR) is 89.9 cm³/mol. The lowest BCUT2D eigenvalue weighted by Gasteiger charge is -2.15. The fourth-order valence-corrected chi connectivity index (χ4v) is 2.03. The smallest absolute Gasteiger partial charge is 0.325 e. The van der Waals surface area contributed by atoms with E-state index in [1.54, 1.807) is 24.3 Å². The number of imide groups is 1. The first kappa shape index (κ1) is 17.3. The molecule has 0 saturated carbocycles. The molecular formula is C17H14ClN3O3. The molecular weight excluding hydrogens is 330 g/mol. The van der Waals surface area contributed by atoms with Crippen LogP contribution in [0, 0.1) is 11.3 Å². The maximum absolute atomic E-state index is 12.0. The molecule has 6 nitrogen and oxygen atoms in total. The zero-order valence-corrected chi connectivity index (χ0v) is 13.5. The molecule has 2 rings (SSSR count). The maximum atomic E-state index is 12.0. The number of nitrogens with one attached hydrogen (secondary N) is 2. The monoisotopic (exact) mass is 343 g/mol. The van der Waals surface area contributed by atoms with Crippen molar-refractivity contribution in [3.05, 3.63) is 59.1 Å². The van der Waals surface area contributed by atoms with Crippen molar-refractivity contribution in [1.29, 1.82) is 5.26 Å². The van der Waals surface area contributed by atoms with Crippen LogP contribution < -0.4 is 15.4 Å². The van der Waals surface area contributed by atoms with Gasteiger partial charge in [-0.25, -0.2) is 4.79 Å². The van der Waals surface area contributed by atoms with Gasteiger partial charge in [0.1, 0.15) is 5.75 Å². The minimum Gasteiger partial charge on any atom is -0.479 e. The Hall–Kier alpha value is -3.04. The van der Waals surface area contributed by atoms with Crippen LogP contribution in [-0.4, -0.2) is 18.0 Å². The van der Waals surface area contributed by atoms with E-state index in [2.05, 4.69) is 10.6 Å². The Labute approximate surface area is 144 Å². The summed E-state index contributed by atoms with van der Waals surface area (Å²) < 4.78 is 5.42. The Morgan fingerprint density at radius 1 is 1.21 bits per heavy atom. The number of carbonyl (C=O) groups is 2. The van der Waals surface area contributed by atoms with Gasteiger partial charge in [-0.15, -0.1) is 0 Å². The van der Waals surface area contributed by atoms with E-state index in [0.29, 0.717) is 11.3 Å². The minimum atomic E-state index is -0.947.